The van der Waals surface area contributed by atoms with Crippen LogP contribution in [0.2, 0.25) is 0 Å². The molecule has 216 valence electrons. The fourth-order valence-corrected chi connectivity index (χ4v) is 5.97. The summed E-state index contributed by atoms with van der Waals surface area (Å²) in [6.07, 6.45) is 1.70. The second kappa shape index (κ2) is 12.1. The molecule has 0 aliphatic carbocycles. The van der Waals surface area contributed by atoms with E-state index in [4.69, 9.17) is 19.2 Å². The molecular formula is C33H32N2O6S. The van der Waals surface area contributed by atoms with Gasteiger partial charge in [-0.15, -0.1) is 0 Å². The van der Waals surface area contributed by atoms with Gasteiger partial charge in [-0.3, -0.25) is 9.36 Å². The number of hydrogen-bond acceptors (Lipinski definition) is 8. The lowest BCUT2D eigenvalue weighted by Gasteiger charge is -2.26. The molecule has 1 aliphatic rings. The Labute approximate surface area is 247 Å². The van der Waals surface area contributed by atoms with Gasteiger partial charge in [-0.05, 0) is 47.7 Å². The number of aromatic hydroxyl groups is 1. The summed E-state index contributed by atoms with van der Waals surface area (Å²) in [6.45, 7) is 6.16. The predicted octanol–water partition coefficient (Wildman–Crippen LogP) is 4.78. The summed E-state index contributed by atoms with van der Waals surface area (Å²) in [7, 11) is 2.89. The van der Waals surface area contributed by atoms with Crippen LogP contribution in [0.25, 0.3) is 11.8 Å². The van der Waals surface area contributed by atoms with Gasteiger partial charge in [0.1, 0.15) is 0 Å². The lowest BCUT2D eigenvalue weighted by molar-refractivity contribution is -0.138. The standard InChI is InChI=1S/C33H32N2O6S/c1-6-41-32(38)27-28(22-10-8-7-9-11-22)34-33-35(29(27)23-14-12-21(13-15-23)19(2)3)31(37)26(42-33)18-20-16-24(39-4)30(36)25(17-20)40-5/h7-19,29,36H,6H2,1-5H3/b26-18+/t29-/m0/s1. The Bertz CT molecular complexity index is 1810. The molecule has 0 amide bonds. The van der Waals surface area contributed by atoms with Crippen LogP contribution >= 0.6 is 11.3 Å². The number of nitrogens with zero attached hydrogens (tertiary/aromatic N) is 2. The molecule has 5 rings (SSSR count). The van der Waals surface area contributed by atoms with Crippen molar-refractivity contribution in [3.05, 3.63) is 114 Å². The number of benzene rings is 3. The number of phenols is 1. The molecule has 0 fully saturated rings. The van der Waals surface area contributed by atoms with E-state index in [1.165, 1.54) is 25.6 Å². The summed E-state index contributed by atoms with van der Waals surface area (Å²) >= 11 is 1.22. The Morgan fingerprint density at radius 3 is 2.26 bits per heavy atom. The van der Waals surface area contributed by atoms with Crippen molar-refractivity contribution in [2.24, 2.45) is 4.99 Å². The summed E-state index contributed by atoms with van der Waals surface area (Å²) in [5, 5.41) is 10.4. The first-order valence-electron chi connectivity index (χ1n) is 13.6. The summed E-state index contributed by atoms with van der Waals surface area (Å²) in [4.78, 5) is 33.1. The predicted molar refractivity (Wildman–Crippen MR) is 163 cm³/mol. The highest BCUT2D eigenvalue weighted by molar-refractivity contribution is 7.07. The van der Waals surface area contributed by atoms with E-state index in [2.05, 4.69) is 13.8 Å². The second-order valence-corrected chi connectivity index (χ2v) is 11.0. The minimum absolute atomic E-state index is 0.130. The lowest BCUT2D eigenvalue weighted by atomic mass is 9.91. The molecule has 1 N–H and O–H groups in total. The van der Waals surface area contributed by atoms with Crippen molar-refractivity contribution in [1.29, 1.82) is 0 Å². The fraction of sp³-hybridized carbons (Fsp3) is 0.242. The molecule has 1 atom stereocenters. The number of thiazole rings is 1. The van der Waals surface area contributed by atoms with Gasteiger partial charge in [-0.2, -0.15) is 0 Å². The van der Waals surface area contributed by atoms with Crippen molar-refractivity contribution >= 4 is 29.1 Å². The average Bonchev–Trinajstić information content (AvgIpc) is 3.31. The average molecular weight is 585 g/mol. The van der Waals surface area contributed by atoms with Crippen LogP contribution in [0.1, 0.15) is 55.0 Å². The maximum Gasteiger partial charge on any atom is 0.338 e. The number of fused-ring (bicyclic) bond motifs is 1. The number of hydrogen-bond donors (Lipinski definition) is 1. The van der Waals surface area contributed by atoms with Crippen molar-refractivity contribution < 1.29 is 24.1 Å². The molecule has 1 aromatic heterocycles. The highest BCUT2D eigenvalue weighted by Gasteiger charge is 2.35. The zero-order valence-corrected chi connectivity index (χ0v) is 24.9. The maximum atomic E-state index is 14.1. The van der Waals surface area contributed by atoms with Crippen LogP contribution in [0.15, 0.2) is 82.1 Å². The normalized spacial score (nSPS) is 14.9. The highest BCUT2D eigenvalue weighted by atomic mass is 32.1. The fourth-order valence-electron chi connectivity index (χ4n) is 4.97. The van der Waals surface area contributed by atoms with Gasteiger partial charge in [0.2, 0.25) is 5.75 Å². The third kappa shape index (κ3) is 5.35. The molecule has 42 heavy (non-hydrogen) atoms. The van der Waals surface area contributed by atoms with Gasteiger partial charge in [-0.1, -0.05) is 79.8 Å². The minimum Gasteiger partial charge on any atom is -0.502 e. The molecule has 3 aromatic carbocycles. The summed E-state index contributed by atoms with van der Waals surface area (Å²) in [5.41, 5.74) is 3.71. The second-order valence-electron chi connectivity index (χ2n) is 10.0. The molecule has 9 heteroatoms. The number of aromatic nitrogens is 1. The van der Waals surface area contributed by atoms with Crippen LogP contribution in [0.3, 0.4) is 0 Å². The van der Waals surface area contributed by atoms with Crippen molar-refractivity contribution in [1.82, 2.24) is 4.57 Å². The molecule has 0 bridgehead atoms. The molecule has 0 radical (unpaired) electrons. The van der Waals surface area contributed by atoms with Gasteiger partial charge in [-0.25, -0.2) is 9.79 Å². The smallest absolute Gasteiger partial charge is 0.338 e. The van der Waals surface area contributed by atoms with Crippen LogP contribution in [0, 0.1) is 0 Å². The van der Waals surface area contributed by atoms with Crippen LogP contribution in [-0.4, -0.2) is 36.5 Å². The number of rotatable bonds is 8. The third-order valence-electron chi connectivity index (χ3n) is 7.09. The van der Waals surface area contributed by atoms with Gasteiger partial charge in [0.25, 0.3) is 5.56 Å². The van der Waals surface area contributed by atoms with Crippen molar-refractivity contribution in [3.8, 4) is 17.2 Å². The molecule has 1 aliphatic heterocycles. The van der Waals surface area contributed by atoms with Gasteiger partial charge in [0.15, 0.2) is 16.3 Å². The Hall–Kier alpha value is -4.63. The molecule has 0 unspecified atom stereocenters. The summed E-state index contributed by atoms with van der Waals surface area (Å²) < 4.78 is 18.1. The first kappa shape index (κ1) is 28.9. The Morgan fingerprint density at radius 2 is 1.69 bits per heavy atom. The summed E-state index contributed by atoms with van der Waals surface area (Å²) in [6, 6.07) is 19.9. The highest BCUT2D eigenvalue weighted by Crippen LogP contribution is 2.38. The monoisotopic (exact) mass is 584 g/mol. The van der Waals surface area contributed by atoms with Crippen LogP contribution in [-0.2, 0) is 9.53 Å². The molecule has 0 saturated carbocycles. The number of ether oxygens (including phenoxy) is 3. The van der Waals surface area contributed by atoms with E-state index in [9.17, 15) is 14.7 Å². The van der Waals surface area contributed by atoms with E-state index in [0.29, 0.717) is 32.1 Å². The Balaban J connectivity index is 1.81. The number of carbonyl (C=O) groups excluding carboxylic acids is 1. The van der Waals surface area contributed by atoms with Crippen molar-refractivity contribution in [3.63, 3.8) is 0 Å². The number of carbonyl (C=O) groups is 1. The Kier molecular flexibility index (Phi) is 8.31. The molecule has 0 spiro atoms. The van der Waals surface area contributed by atoms with E-state index < -0.39 is 12.0 Å². The van der Waals surface area contributed by atoms with Gasteiger partial charge in [0.05, 0.1) is 42.7 Å². The number of methoxy groups -OCH3 is 2. The zero-order valence-electron chi connectivity index (χ0n) is 24.1. The van der Waals surface area contributed by atoms with Crippen molar-refractivity contribution in [2.75, 3.05) is 20.8 Å². The van der Waals surface area contributed by atoms with E-state index in [1.807, 2.05) is 54.6 Å². The first-order chi connectivity index (χ1) is 20.3. The first-order valence-corrected chi connectivity index (χ1v) is 14.4. The van der Waals surface area contributed by atoms with Crippen LogP contribution in [0.4, 0.5) is 0 Å². The molecule has 2 heterocycles. The molecular weight excluding hydrogens is 552 g/mol. The quantitative estimate of drug-likeness (QED) is 0.299. The largest absolute Gasteiger partial charge is 0.502 e. The van der Waals surface area contributed by atoms with Gasteiger partial charge >= 0.3 is 5.97 Å². The maximum absolute atomic E-state index is 14.1. The van der Waals surface area contributed by atoms with Gasteiger partial charge in [0, 0.05) is 5.56 Å². The van der Waals surface area contributed by atoms with E-state index in [0.717, 1.165) is 16.7 Å². The van der Waals surface area contributed by atoms with E-state index in [-0.39, 0.29) is 29.4 Å². The molecule has 4 aromatic rings. The SMILES string of the molecule is CCOC(=O)C1=C(c2ccccc2)N=c2s/c(=C/c3cc(OC)c(O)c(OC)c3)c(=O)n2[C@H]1c1ccc(C(C)C)cc1. The zero-order chi connectivity index (χ0) is 30.0. The Morgan fingerprint density at radius 1 is 1.05 bits per heavy atom. The molecule has 0 saturated heterocycles. The van der Waals surface area contributed by atoms with Gasteiger partial charge < -0.3 is 19.3 Å². The number of phenolic OH excluding ortho intramolecular Hbond substituents is 1. The number of esters is 1. The minimum atomic E-state index is -0.761. The van der Waals surface area contributed by atoms with Crippen LogP contribution in [0.5, 0.6) is 17.2 Å². The third-order valence-corrected chi connectivity index (χ3v) is 8.08. The lowest BCUT2D eigenvalue weighted by Crippen LogP contribution is -2.40. The van der Waals surface area contributed by atoms with Crippen molar-refractivity contribution in [2.45, 2.75) is 32.7 Å². The molecule has 8 nitrogen and oxygen atoms in total. The van der Waals surface area contributed by atoms with Crippen LogP contribution < -0.4 is 24.4 Å². The summed E-state index contributed by atoms with van der Waals surface area (Å²) in [5.74, 6) is 0.0931. The topological polar surface area (TPSA) is 99.4 Å². The van der Waals surface area contributed by atoms with E-state index >= 15 is 0 Å². The van der Waals surface area contributed by atoms with E-state index in [1.54, 1.807) is 29.7 Å².